The molecule has 198 valence electrons. The third-order valence-electron chi connectivity index (χ3n) is 8.12. The number of amidine groups is 1. The minimum Gasteiger partial charge on any atom is -0.367 e. The molecular formula is C36H29N5. The highest BCUT2D eigenvalue weighted by Gasteiger charge is 2.27. The number of allylic oxidation sites excluding steroid dienone is 2. The molecule has 2 aliphatic rings. The van der Waals surface area contributed by atoms with Gasteiger partial charge in [0.25, 0.3) is 0 Å². The van der Waals surface area contributed by atoms with Crippen LogP contribution in [0, 0.1) is 0 Å². The van der Waals surface area contributed by atoms with Gasteiger partial charge in [-0.2, -0.15) is 0 Å². The molecule has 3 heterocycles. The summed E-state index contributed by atoms with van der Waals surface area (Å²) in [6, 6.07) is 42.7. The van der Waals surface area contributed by atoms with Crippen molar-refractivity contribution < 1.29 is 0 Å². The summed E-state index contributed by atoms with van der Waals surface area (Å²) in [6.07, 6.45) is 4.19. The fourth-order valence-electron chi connectivity index (χ4n) is 6.14. The van der Waals surface area contributed by atoms with Crippen molar-refractivity contribution in [1.82, 2.24) is 20.5 Å². The predicted octanol–water partition coefficient (Wildman–Crippen LogP) is 7.26. The highest BCUT2D eigenvalue weighted by molar-refractivity contribution is 6.21. The predicted molar refractivity (Wildman–Crippen MR) is 169 cm³/mol. The highest BCUT2D eigenvalue weighted by atomic mass is 15.3. The molecule has 2 unspecified atom stereocenters. The summed E-state index contributed by atoms with van der Waals surface area (Å²) in [7, 11) is 0. The van der Waals surface area contributed by atoms with Gasteiger partial charge in [0.15, 0.2) is 0 Å². The van der Waals surface area contributed by atoms with E-state index in [0.717, 1.165) is 22.8 Å². The van der Waals surface area contributed by atoms with E-state index in [-0.39, 0.29) is 12.3 Å². The molecule has 2 aliphatic heterocycles. The average molecular weight is 532 g/mol. The van der Waals surface area contributed by atoms with Crippen molar-refractivity contribution >= 4 is 44.2 Å². The number of dihydropyridines is 1. The summed E-state index contributed by atoms with van der Waals surface area (Å²) in [4.78, 5) is 5.12. The van der Waals surface area contributed by atoms with Gasteiger partial charge in [-0.05, 0) is 46.2 Å². The second kappa shape index (κ2) is 9.81. The quantitative estimate of drug-likeness (QED) is 0.224. The Balaban J connectivity index is 1.22. The molecule has 6 aromatic rings. The van der Waals surface area contributed by atoms with Gasteiger partial charge in [-0.15, -0.1) is 0 Å². The van der Waals surface area contributed by atoms with E-state index in [0.29, 0.717) is 6.54 Å². The number of hydrogen-bond acceptors (Lipinski definition) is 4. The molecule has 1 aromatic heterocycles. The topological polar surface area (TPSA) is 53.4 Å². The molecule has 0 saturated heterocycles. The first-order valence-corrected chi connectivity index (χ1v) is 14.1. The van der Waals surface area contributed by atoms with Gasteiger partial charge in [-0.25, -0.2) is 4.99 Å². The van der Waals surface area contributed by atoms with E-state index >= 15 is 0 Å². The van der Waals surface area contributed by atoms with Crippen LogP contribution in [0.15, 0.2) is 144 Å². The summed E-state index contributed by atoms with van der Waals surface area (Å²) in [5.74, 6) is 1.96. The number of aliphatic imine (C=N–C) groups is 1. The molecule has 5 nitrogen and oxygen atoms in total. The van der Waals surface area contributed by atoms with Gasteiger partial charge in [-0.1, -0.05) is 109 Å². The number of fused-ring (bicyclic) bond motifs is 5. The van der Waals surface area contributed by atoms with E-state index in [1.54, 1.807) is 0 Å². The molecule has 0 aliphatic carbocycles. The van der Waals surface area contributed by atoms with Crippen LogP contribution in [0.4, 0.5) is 0 Å². The first-order valence-electron chi connectivity index (χ1n) is 14.1. The summed E-state index contributed by atoms with van der Waals surface area (Å²) in [5.41, 5.74) is 5.85. The third kappa shape index (κ3) is 4.10. The van der Waals surface area contributed by atoms with Crippen LogP contribution >= 0.6 is 0 Å². The zero-order valence-electron chi connectivity index (χ0n) is 22.5. The monoisotopic (exact) mass is 531 g/mol. The maximum Gasteiger partial charge on any atom is 0.129 e. The van der Waals surface area contributed by atoms with Gasteiger partial charge in [0.1, 0.15) is 24.0 Å². The summed E-state index contributed by atoms with van der Waals surface area (Å²) < 4.78 is 2.35. The maximum absolute atomic E-state index is 5.12. The number of para-hydroxylation sites is 1. The first kappa shape index (κ1) is 23.7. The molecular weight excluding hydrogens is 502 g/mol. The highest BCUT2D eigenvalue weighted by Crippen LogP contribution is 2.36. The molecule has 5 aromatic carbocycles. The number of nitrogens with one attached hydrogen (secondary N) is 3. The molecule has 0 saturated carbocycles. The summed E-state index contributed by atoms with van der Waals surface area (Å²) in [5, 5.41) is 16.1. The van der Waals surface area contributed by atoms with Crippen molar-refractivity contribution in [2.45, 2.75) is 12.3 Å². The maximum atomic E-state index is 5.12. The Hall–Kier alpha value is -5.13. The molecule has 5 heteroatoms. The second-order valence-corrected chi connectivity index (χ2v) is 10.6. The van der Waals surface area contributed by atoms with E-state index in [9.17, 15) is 0 Å². The number of benzene rings is 5. The lowest BCUT2D eigenvalue weighted by atomic mass is 10.0. The van der Waals surface area contributed by atoms with Crippen LogP contribution < -0.4 is 16.0 Å². The minimum absolute atomic E-state index is 0.0502. The standard InChI is InChI=1S/C36H29N5/c1-3-12-25(13-4-1)34-38-35(26-14-5-2-6-15-26)40-36(39-34)27-20-22-32(37-23-27)41-30-18-10-9-17-29(30)33-28-16-8-7-11-24(28)19-21-31(33)41/h1-22,34-35,37-38H,23H2,(H,39,40). The Morgan fingerprint density at radius 3 is 2.12 bits per heavy atom. The minimum atomic E-state index is -0.144. The number of aromatic nitrogens is 1. The Kier molecular flexibility index (Phi) is 5.68. The Morgan fingerprint density at radius 2 is 1.34 bits per heavy atom. The Bertz CT molecular complexity index is 2000. The zero-order valence-corrected chi connectivity index (χ0v) is 22.5. The average Bonchev–Trinajstić information content (AvgIpc) is 3.40. The van der Waals surface area contributed by atoms with E-state index in [1.807, 2.05) is 12.1 Å². The summed E-state index contributed by atoms with van der Waals surface area (Å²) in [6.45, 7) is 0.669. The van der Waals surface area contributed by atoms with Crippen LogP contribution in [-0.4, -0.2) is 16.9 Å². The number of nitrogens with zero attached hydrogens (tertiary/aromatic N) is 2. The van der Waals surface area contributed by atoms with Gasteiger partial charge in [0.05, 0.1) is 11.0 Å². The van der Waals surface area contributed by atoms with Crippen LogP contribution in [0.2, 0.25) is 0 Å². The Labute approximate surface area is 238 Å². The second-order valence-electron chi connectivity index (χ2n) is 10.6. The van der Waals surface area contributed by atoms with Crippen LogP contribution in [0.3, 0.4) is 0 Å². The smallest absolute Gasteiger partial charge is 0.129 e. The molecule has 2 atom stereocenters. The van der Waals surface area contributed by atoms with Crippen LogP contribution in [-0.2, 0) is 0 Å². The normalized spacial score (nSPS) is 18.9. The van der Waals surface area contributed by atoms with Crippen molar-refractivity contribution in [2.24, 2.45) is 4.99 Å². The van der Waals surface area contributed by atoms with Gasteiger partial charge in [-0.3, -0.25) is 9.88 Å². The largest absolute Gasteiger partial charge is 0.367 e. The molecule has 3 N–H and O–H groups in total. The zero-order chi connectivity index (χ0) is 27.2. The molecule has 41 heavy (non-hydrogen) atoms. The van der Waals surface area contributed by atoms with Gasteiger partial charge in [0.2, 0.25) is 0 Å². The van der Waals surface area contributed by atoms with E-state index in [4.69, 9.17) is 4.99 Å². The lowest BCUT2D eigenvalue weighted by Crippen LogP contribution is -2.46. The van der Waals surface area contributed by atoms with Crippen molar-refractivity contribution in [3.8, 4) is 0 Å². The van der Waals surface area contributed by atoms with Gasteiger partial charge >= 0.3 is 0 Å². The van der Waals surface area contributed by atoms with Crippen molar-refractivity contribution in [3.05, 3.63) is 150 Å². The van der Waals surface area contributed by atoms with Crippen LogP contribution in [0.1, 0.15) is 23.5 Å². The van der Waals surface area contributed by atoms with Crippen LogP contribution in [0.5, 0.6) is 0 Å². The Morgan fingerprint density at radius 1 is 0.634 bits per heavy atom. The molecule has 0 bridgehead atoms. The first-order chi connectivity index (χ1) is 20.3. The lowest BCUT2D eigenvalue weighted by molar-refractivity contribution is 0.408. The lowest BCUT2D eigenvalue weighted by Gasteiger charge is -2.33. The molecule has 0 radical (unpaired) electrons. The molecule has 0 fully saturated rings. The van der Waals surface area contributed by atoms with Gasteiger partial charge in [0, 0.05) is 22.9 Å². The number of hydrogen-bond donors (Lipinski definition) is 3. The molecule has 0 amide bonds. The van der Waals surface area contributed by atoms with E-state index < -0.39 is 0 Å². The molecule has 0 spiro atoms. The van der Waals surface area contributed by atoms with Gasteiger partial charge < -0.3 is 10.6 Å². The van der Waals surface area contributed by atoms with E-state index in [2.05, 4.69) is 142 Å². The fraction of sp³-hybridized carbons (Fsp3) is 0.0833. The number of rotatable bonds is 4. The fourth-order valence-corrected chi connectivity index (χ4v) is 6.14. The molecule has 8 rings (SSSR count). The van der Waals surface area contributed by atoms with E-state index in [1.165, 1.54) is 38.1 Å². The van der Waals surface area contributed by atoms with Crippen molar-refractivity contribution in [1.29, 1.82) is 0 Å². The van der Waals surface area contributed by atoms with Crippen LogP contribution in [0.25, 0.3) is 38.4 Å². The van der Waals surface area contributed by atoms with Crippen molar-refractivity contribution in [3.63, 3.8) is 0 Å². The third-order valence-corrected chi connectivity index (χ3v) is 8.12. The summed E-state index contributed by atoms with van der Waals surface area (Å²) >= 11 is 0. The van der Waals surface area contributed by atoms with Crippen molar-refractivity contribution in [2.75, 3.05) is 6.54 Å². The SMILES string of the molecule is C1=C(C2=NC(c3ccccc3)NC(c3ccccc3)N2)CNC(n2c3ccccc3c3c4ccccc4ccc32)=C1.